The van der Waals surface area contributed by atoms with E-state index in [1.165, 1.54) is 24.1 Å². The first kappa shape index (κ1) is 16.4. The molecule has 120 valence electrons. The van der Waals surface area contributed by atoms with Crippen LogP contribution in [0.25, 0.3) is 0 Å². The Kier molecular flexibility index (Phi) is 6.81. The van der Waals surface area contributed by atoms with Crippen LogP contribution in [0.3, 0.4) is 0 Å². The minimum atomic E-state index is 0.705. The van der Waals surface area contributed by atoms with Crippen LogP contribution in [0, 0.1) is 0 Å². The third-order valence-electron chi connectivity index (χ3n) is 3.68. The number of rotatable bonds is 7. The fourth-order valence-electron chi connectivity index (χ4n) is 2.44. The molecule has 1 aromatic carbocycles. The highest BCUT2D eigenvalue weighted by molar-refractivity contribution is 5.79. The Hall–Kier alpha value is -1.97. The van der Waals surface area contributed by atoms with Crippen LogP contribution in [-0.4, -0.2) is 32.1 Å². The van der Waals surface area contributed by atoms with Gasteiger partial charge in [-0.05, 0) is 31.0 Å². The van der Waals surface area contributed by atoms with E-state index >= 15 is 0 Å². The maximum atomic E-state index is 4.68. The lowest BCUT2D eigenvalue weighted by atomic mass is 10.2. The van der Waals surface area contributed by atoms with Gasteiger partial charge in [0.05, 0.1) is 6.54 Å². The minimum absolute atomic E-state index is 0.705. The third-order valence-corrected chi connectivity index (χ3v) is 3.68. The molecule has 0 radical (unpaired) electrons. The van der Waals surface area contributed by atoms with Crippen LogP contribution in [0.1, 0.15) is 32.3 Å². The van der Waals surface area contributed by atoms with Gasteiger partial charge >= 0.3 is 0 Å². The van der Waals surface area contributed by atoms with E-state index in [9.17, 15) is 0 Å². The number of nitrogens with zero attached hydrogens (tertiary/aromatic N) is 2. The lowest BCUT2D eigenvalue weighted by Crippen LogP contribution is -2.37. The molecule has 0 unspecified atom stereocenters. The zero-order valence-electron chi connectivity index (χ0n) is 13.8. The summed E-state index contributed by atoms with van der Waals surface area (Å²) in [6.07, 6.45) is 6.79. The highest BCUT2D eigenvalue weighted by Crippen LogP contribution is 2.18. The van der Waals surface area contributed by atoms with Crippen LogP contribution in [0.15, 0.2) is 41.4 Å². The molecule has 0 amide bonds. The lowest BCUT2D eigenvalue weighted by molar-refractivity contribution is 0.730. The first-order chi connectivity index (χ1) is 10.8. The van der Waals surface area contributed by atoms with Gasteiger partial charge in [-0.25, -0.2) is 4.99 Å². The van der Waals surface area contributed by atoms with Crippen LogP contribution in [0.2, 0.25) is 0 Å². The smallest absolute Gasteiger partial charge is 0.191 e. The topological polar surface area (TPSA) is 39.7 Å². The second-order valence-corrected chi connectivity index (χ2v) is 5.52. The minimum Gasteiger partial charge on any atom is -0.364 e. The summed E-state index contributed by atoms with van der Waals surface area (Å²) in [5.41, 5.74) is 2.53. The standard InChI is InChI=1S/C18H28N4/c1-3-5-11-20-18(19-4-2)21-15-16-9-8-10-17(14-16)22-12-6-7-13-22/h6-10,14H,3-5,11-13,15H2,1-2H3,(H2,19,20,21). The Morgan fingerprint density at radius 3 is 2.73 bits per heavy atom. The molecule has 1 aliphatic heterocycles. The number of hydrogen-bond donors (Lipinski definition) is 2. The molecule has 0 atom stereocenters. The first-order valence-corrected chi connectivity index (χ1v) is 8.34. The molecule has 0 fully saturated rings. The van der Waals surface area contributed by atoms with Crippen molar-refractivity contribution >= 4 is 11.6 Å². The number of hydrogen-bond acceptors (Lipinski definition) is 2. The van der Waals surface area contributed by atoms with Crippen molar-refractivity contribution in [2.75, 3.05) is 31.1 Å². The Morgan fingerprint density at radius 1 is 1.18 bits per heavy atom. The molecular formula is C18H28N4. The Labute approximate surface area is 134 Å². The molecule has 22 heavy (non-hydrogen) atoms. The van der Waals surface area contributed by atoms with Gasteiger partial charge in [0, 0.05) is 31.9 Å². The number of anilines is 1. The lowest BCUT2D eigenvalue weighted by Gasteiger charge is -2.18. The van der Waals surface area contributed by atoms with E-state index in [0.29, 0.717) is 6.54 Å². The molecule has 2 N–H and O–H groups in total. The monoisotopic (exact) mass is 300 g/mol. The van der Waals surface area contributed by atoms with Crippen molar-refractivity contribution in [2.24, 2.45) is 4.99 Å². The van der Waals surface area contributed by atoms with Crippen LogP contribution >= 0.6 is 0 Å². The SMILES string of the molecule is CCCCNC(=NCc1cccc(N2CC=CC2)c1)NCC. The summed E-state index contributed by atoms with van der Waals surface area (Å²) in [7, 11) is 0. The number of aliphatic imine (C=N–C) groups is 1. The average molecular weight is 300 g/mol. The van der Waals surface area contributed by atoms with Gasteiger partial charge in [-0.15, -0.1) is 0 Å². The summed E-state index contributed by atoms with van der Waals surface area (Å²) in [6.45, 7) is 8.88. The molecule has 0 spiro atoms. The predicted molar refractivity (Wildman–Crippen MR) is 95.5 cm³/mol. The van der Waals surface area contributed by atoms with E-state index in [1.807, 2.05) is 0 Å². The molecule has 1 heterocycles. The van der Waals surface area contributed by atoms with Gasteiger partial charge in [0.1, 0.15) is 0 Å². The number of guanidine groups is 1. The molecule has 0 aromatic heterocycles. The van der Waals surface area contributed by atoms with Gasteiger partial charge in [0.15, 0.2) is 5.96 Å². The highest BCUT2D eigenvalue weighted by Gasteiger charge is 2.07. The molecule has 4 heteroatoms. The van der Waals surface area contributed by atoms with Crippen molar-refractivity contribution in [3.05, 3.63) is 42.0 Å². The van der Waals surface area contributed by atoms with E-state index in [1.54, 1.807) is 0 Å². The van der Waals surface area contributed by atoms with Crippen molar-refractivity contribution in [3.63, 3.8) is 0 Å². The Balaban J connectivity index is 1.95. The normalized spacial score (nSPS) is 14.5. The molecular weight excluding hydrogens is 272 g/mol. The van der Waals surface area contributed by atoms with Crippen molar-refractivity contribution in [1.29, 1.82) is 0 Å². The Bertz CT molecular complexity index is 500. The average Bonchev–Trinajstić information content (AvgIpc) is 3.07. The third kappa shape index (κ3) is 5.10. The fourth-order valence-corrected chi connectivity index (χ4v) is 2.44. The number of nitrogens with one attached hydrogen (secondary N) is 2. The van der Waals surface area contributed by atoms with Crippen molar-refractivity contribution < 1.29 is 0 Å². The van der Waals surface area contributed by atoms with E-state index in [2.05, 4.69) is 70.8 Å². The number of unbranched alkanes of at least 4 members (excludes halogenated alkanes) is 1. The summed E-state index contributed by atoms with van der Waals surface area (Å²) in [6, 6.07) is 8.68. The van der Waals surface area contributed by atoms with Crippen molar-refractivity contribution in [3.8, 4) is 0 Å². The Morgan fingerprint density at radius 2 is 2.00 bits per heavy atom. The van der Waals surface area contributed by atoms with Crippen LogP contribution in [0.5, 0.6) is 0 Å². The fraction of sp³-hybridized carbons (Fsp3) is 0.500. The van der Waals surface area contributed by atoms with Gasteiger partial charge in [-0.3, -0.25) is 0 Å². The molecule has 2 rings (SSSR count). The van der Waals surface area contributed by atoms with Gasteiger partial charge in [0.2, 0.25) is 0 Å². The van der Waals surface area contributed by atoms with E-state index in [0.717, 1.165) is 32.1 Å². The zero-order chi connectivity index (χ0) is 15.6. The summed E-state index contributed by atoms with van der Waals surface area (Å²) in [4.78, 5) is 7.04. The molecule has 1 aromatic rings. The van der Waals surface area contributed by atoms with Crippen LogP contribution < -0.4 is 15.5 Å². The summed E-state index contributed by atoms with van der Waals surface area (Å²) >= 11 is 0. The van der Waals surface area contributed by atoms with Gasteiger partial charge in [-0.1, -0.05) is 37.6 Å². The van der Waals surface area contributed by atoms with Crippen molar-refractivity contribution in [2.45, 2.75) is 33.2 Å². The van der Waals surface area contributed by atoms with Gasteiger partial charge in [-0.2, -0.15) is 0 Å². The molecule has 4 nitrogen and oxygen atoms in total. The maximum Gasteiger partial charge on any atom is 0.191 e. The quantitative estimate of drug-likeness (QED) is 0.352. The van der Waals surface area contributed by atoms with Gasteiger partial charge < -0.3 is 15.5 Å². The maximum absolute atomic E-state index is 4.68. The van der Waals surface area contributed by atoms with Crippen LogP contribution in [-0.2, 0) is 6.54 Å². The predicted octanol–water partition coefficient (Wildman–Crippen LogP) is 2.92. The summed E-state index contributed by atoms with van der Waals surface area (Å²) in [5, 5.41) is 6.68. The molecule has 0 saturated heterocycles. The molecule has 0 saturated carbocycles. The van der Waals surface area contributed by atoms with Gasteiger partial charge in [0.25, 0.3) is 0 Å². The van der Waals surface area contributed by atoms with Crippen molar-refractivity contribution in [1.82, 2.24) is 10.6 Å². The largest absolute Gasteiger partial charge is 0.364 e. The van der Waals surface area contributed by atoms with E-state index in [4.69, 9.17) is 0 Å². The molecule has 0 bridgehead atoms. The van der Waals surface area contributed by atoms with Crippen LogP contribution in [0.4, 0.5) is 5.69 Å². The number of benzene rings is 1. The second kappa shape index (κ2) is 9.13. The molecule has 0 aliphatic carbocycles. The summed E-state index contributed by atoms with van der Waals surface area (Å²) in [5.74, 6) is 0.907. The zero-order valence-corrected chi connectivity index (χ0v) is 13.8. The first-order valence-electron chi connectivity index (χ1n) is 8.34. The van der Waals surface area contributed by atoms with E-state index < -0.39 is 0 Å². The summed E-state index contributed by atoms with van der Waals surface area (Å²) < 4.78 is 0. The molecule has 1 aliphatic rings. The highest BCUT2D eigenvalue weighted by atomic mass is 15.2. The van der Waals surface area contributed by atoms with E-state index in [-0.39, 0.29) is 0 Å². The second-order valence-electron chi connectivity index (χ2n) is 5.52.